The highest BCUT2D eigenvalue weighted by molar-refractivity contribution is 14.1. The second-order valence-electron chi connectivity index (χ2n) is 4.57. The molecule has 0 saturated carbocycles. The number of halogens is 1. The summed E-state index contributed by atoms with van der Waals surface area (Å²) in [5.41, 5.74) is 0.230. The number of ether oxygens (including phenoxy) is 1. The van der Waals surface area contributed by atoms with Crippen LogP contribution in [0.2, 0.25) is 0 Å². The summed E-state index contributed by atoms with van der Waals surface area (Å²) in [6.45, 7) is 2.55. The molecule has 5 nitrogen and oxygen atoms in total. The van der Waals surface area contributed by atoms with Gasteiger partial charge in [0.05, 0.1) is 12.2 Å². The van der Waals surface area contributed by atoms with Crippen LogP contribution >= 0.6 is 22.6 Å². The molecule has 1 atom stereocenters. The summed E-state index contributed by atoms with van der Waals surface area (Å²) in [6, 6.07) is 4.29. The van der Waals surface area contributed by atoms with E-state index in [9.17, 15) is 14.7 Å². The van der Waals surface area contributed by atoms with Crippen molar-refractivity contribution in [2.24, 2.45) is 0 Å². The molecule has 20 heavy (non-hydrogen) atoms. The number of phenolic OH excluding ortho intramolecular Hbond substituents is 1. The monoisotopic (exact) mass is 389 g/mol. The van der Waals surface area contributed by atoms with Crippen LogP contribution in [-0.2, 0) is 9.53 Å². The van der Waals surface area contributed by atoms with Crippen molar-refractivity contribution >= 4 is 34.5 Å². The molecule has 0 bridgehead atoms. The maximum atomic E-state index is 12.5. The van der Waals surface area contributed by atoms with E-state index >= 15 is 0 Å². The Morgan fingerprint density at radius 2 is 2.25 bits per heavy atom. The lowest BCUT2D eigenvalue weighted by Gasteiger charge is -2.23. The van der Waals surface area contributed by atoms with Gasteiger partial charge in [-0.05, 0) is 60.6 Å². The average molecular weight is 389 g/mol. The fourth-order valence-electron chi connectivity index (χ4n) is 2.33. The van der Waals surface area contributed by atoms with Crippen LogP contribution in [0.25, 0.3) is 0 Å². The second-order valence-corrected chi connectivity index (χ2v) is 5.82. The van der Waals surface area contributed by atoms with Gasteiger partial charge in [-0.3, -0.25) is 4.79 Å². The van der Waals surface area contributed by atoms with Crippen molar-refractivity contribution in [3.05, 3.63) is 27.3 Å². The van der Waals surface area contributed by atoms with Gasteiger partial charge in [-0.15, -0.1) is 0 Å². The van der Waals surface area contributed by atoms with E-state index in [1.54, 1.807) is 19.1 Å². The van der Waals surface area contributed by atoms with E-state index in [0.717, 1.165) is 9.99 Å². The summed E-state index contributed by atoms with van der Waals surface area (Å²) in [5.74, 6) is -0.759. The number of esters is 1. The van der Waals surface area contributed by atoms with Gasteiger partial charge in [-0.1, -0.05) is 0 Å². The van der Waals surface area contributed by atoms with Crippen molar-refractivity contribution in [1.29, 1.82) is 0 Å². The van der Waals surface area contributed by atoms with Gasteiger partial charge in [0, 0.05) is 10.1 Å². The predicted octanol–water partition coefficient (Wildman–Crippen LogP) is 2.16. The third kappa shape index (κ3) is 3.05. The Morgan fingerprint density at radius 1 is 1.50 bits per heavy atom. The number of carbonyl (C=O) groups is 2. The van der Waals surface area contributed by atoms with E-state index in [0.29, 0.717) is 19.6 Å². The zero-order valence-corrected chi connectivity index (χ0v) is 13.3. The second kappa shape index (κ2) is 6.43. The third-order valence-corrected chi connectivity index (χ3v) is 3.93. The normalized spacial score (nSPS) is 18.1. The quantitative estimate of drug-likeness (QED) is 0.636. The summed E-state index contributed by atoms with van der Waals surface area (Å²) < 4.78 is 5.86. The Morgan fingerprint density at radius 3 is 2.95 bits per heavy atom. The first-order chi connectivity index (χ1) is 9.54. The maximum absolute atomic E-state index is 12.5. The summed E-state index contributed by atoms with van der Waals surface area (Å²) in [5, 5.41) is 9.83. The van der Waals surface area contributed by atoms with Gasteiger partial charge in [0.15, 0.2) is 0 Å². The molecule has 1 fully saturated rings. The number of rotatable bonds is 3. The van der Waals surface area contributed by atoms with Crippen LogP contribution in [0.5, 0.6) is 5.75 Å². The molecule has 0 spiro atoms. The van der Waals surface area contributed by atoms with Crippen molar-refractivity contribution in [2.75, 3.05) is 13.2 Å². The number of hydrogen-bond donors (Lipinski definition) is 1. The van der Waals surface area contributed by atoms with E-state index in [1.807, 2.05) is 0 Å². The number of benzene rings is 1. The SMILES string of the molecule is CCOC(=O)C1CCCN1C(=O)c1cc(I)ccc1O. The van der Waals surface area contributed by atoms with Crippen LogP contribution in [0.4, 0.5) is 0 Å². The summed E-state index contributed by atoms with van der Waals surface area (Å²) in [4.78, 5) is 25.8. The number of nitrogens with zero attached hydrogens (tertiary/aromatic N) is 1. The fraction of sp³-hybridized carbons (Fsp3) is 0.429. The lowest BCUT2D eigenvalue weighted by atomic mass is 10.1. The van der Waals surface area contributed by atoms with E-state index < -0.39 is 6.04 Å². The highest BCUT2D eigenvalue weighted by Crippen LogP contribution is 2.26. The van der Waals surface area contributed by atoms with Crippen molar-refractivity contribution < 1.29 is 19.4 Å². The molecule has 1 N–H and O–H groups in total. The lowest BCUT2D eigenvalue weighted by Crippen LogP contribution is -2.41. The van der Waals surface area contributed by atoms with Gasteiger partial charge < -0.3 is 14.7 Å². The van der Waals surface area contributed by atoms with Crippen molar-refractivity contribution in [3.8, 4) is 5.75 Å². The molecule has 1 aliphatic heterocycles. The molecule has 1 saturated heterocycles. The molecule has 0 aliphatic carbocycles. The molecule has 1 unspecified atom stereocenters. The molecule has 1 heterocycles. The number of hydrogen-bond acceptors (Lipinski definition) is 4. The Bertz CT molecular complexity index is 532. The molecule has 108 valence electrons. The van der Waals surface area contributed by atoms with Crippen LogP contribution in [0.3, 0.4) is 0 Å². The summed E-state index contributed by atoms with van der Waals surface area (Å²) >= 11 is 2.08. The van der Waals surface area contributed by atoms with Crippen LogP contribution in [0.1, 0.15) is 30.1 Å². The molecule has 0 radical (unpaired) electrons. The smallest absolute Gasteiger partial charge is 0.328 e. The first-order valence-electron chi connectivity index (χ1n) is 6.50. The Hall–Kier alpha value is -1.31. The van der Waals surface area contributed by atoms with E-state index in [-0.39, 0.29) is 23.2 Å². The Labute approximate surface area is 131 Å². The number of likely N-dealkylation sites (tertiary alicyclic amines) is 1. The minimum Gasteiger partial charge on any atom is -0.507 e. The summed E-state index contributed by atoms with van der Waals surface area (Å²) in [7, 11) is 0. The largest absolute Gasteiger partial charge is 0.507 e. The number of amides is 1. The first-order valence-corrected chi connectivity index (χ1v) is 7.58. The topological polar surface area (TPSA) is 66.8 Å². The Kier molecular flexibility index (Phi) is 4.85. The predicted molar refractivity (Wildman–Crippen MR) is 81.5 cm³/mol. The van der Waals surface area contributed by atoms with Crippen molar-refractivity contribution in [3.63, 3.8) is 0 Å². The van der Waals surface area contributed by atoms with Crippen LogP contribution in [0.15, 0.2) is 18.2 Å². The zero-order valence-electron chi connectivity index (χ0n) is 11.1. The van der Waals surface area contributed by atoms with Gasteiger partial charge in [-0.2, -0.15) is 0 Å². The van der Waals surface area contributed by atoms with Gasteiger partial charge >= 0.3 is 5.97 Å². The van der Waals surface area contributed by atoms with Crippen molar-refractivity contribution in [1.82, 2.24) is 4.90 Å². The lowest BCUT2D eigenvalue weighted by molar-refractivity contribution is -0.147. The maximum Gasteiger partial charge on any atom is 0.328 e. The summed E-state index contributed by atoms with van der Waals surface area (Å²) in [6.07, 6.45) is 1.37. The van der Waals surface area contributed by atoms with Crippen LogP contribution < -0.4 is 0 Å². The van der Waals surface area contributed by atoms with Gasteiger partial charge in [0.2, 0.25) is 0 Å². The molecular formula is C14H16INO4. The molecule has 1 aromatic rings. The molecule has 6 heteroatoms. The van der Waals surface area contributed by atoms with E-state index in [2.05, 4.69) is 22.6 Å². The average Bonchev–Trinajstić information content (AvgIpc) is 2.90. The van der Waals surface area contributed by atoms with E-state index in [1.165, 1.54) is 11.0 Å². The number of aromatic hydroxyl groups is 1. The third-order valence-electron chi connectivity index (χ3n) is 3.26. The molecule has 1 aliphatic rings. The zero-order chi connectivity index (χ0) is 14.7. The molecule has 1 aromatic carbocycles. The van der Waals surface area contributed by atoms with Gasteiger partial charge in [0.1, 0.15) is 11.8 Å². The molecule has 1 amide bonds. The molecule has 2 rings (SSSR count). The van der Waals surface area contributed by atoms with Gasteiger partial charge in [-0.25, -0.2) is 4.79 Å². The van der Waals surface area contributed by atoms with Crippen LogP contribution in [0, 0.1) is 3.57 Å². The van der Waals surface area contributed by atoms with E-state index in [4.69, 9.17) is 4.74 Å². The minimum atomic E-state index is -0.542. The van der Waals surface area contributed by atoms with Crippen LogP contribution in [-0.4, -0.2) is 41.1 Å². The van der Waals surface area contributed by atoms with Crippen molar-refractivity contribution in [2.45, 2.75) is 25.8 Å². The minimum absolute atomic E-state index is 0.0649. The molecule has 0 aromatic heterocycles. The standard InChI is InChI=1S/C14H16INO4/c1-2-20-14(19)11-4-3-7-16(11)13(18)10-8-9(15)5-6-12(10)17/h5-6,8,11,17H,2-4,7H2,1H3. The number of carbonyl (C=O) groups excluding carboxylic acids is 2. The number of phenols is 1. The fourth-order valence-corrected chi connectivity index (χ4v) is 2.82. The van der Waals surface area contributed by atoms with Gasteiger partial charge in [0.25, 0.3) is 5.91 Å². The highest BCUT2D eigenvalue weighted by atomic mass is 127. The Balaban J connectivity index is 2.23. The highest BCUT2D eigenvalue weighted by Gasteiger charge is 2.36. The first kappa shape index (κ1) is 15.1. The molecular weight excluding hydrogens is 373 g/mol.